The molecule has 3 N–H and O–H groups in total. The summed E-state index contributed by atoms with van der Waals surface area (Å²) in [6.45, 7) is 7.36. The van der Waals surface area contributed by atoms with Crippen molar-refractivity contribution in [3.05, 3.63) is 12.7 Å². The number of rotatable bonds is 12. The number of allylic oxidation sites excluding steroid dienone is 1. The summed E-state index contributed by atoms with van der Waals surface area (Å²) >= 11 is 0. The zero-order chi connectivity index (χ0) is 18.3. The summed E-state index contributed by atoms with van der Waals surface area (Å²) in [6, 6.07) is 0. The summed E-state index contributed by atoms with van der Waals surface area (Å²) in [5, 5.41) is 18.4. The lowest BCUT2D eigenvalue weighted by molar-refractivity contribution is -0.148. The van der Waals surface area contributed by atoms with Gasteiger partial charge >= 0.3 is 11.9 Å². The van der Waals surface area contributed by atoms with Gasteiger partial charge in [-0.05, 0) is 12.3 Å². The second-order valence-corrected chi connectivity index (χ2v) is 7.41. The van der Waals surface area contributed by atoms with E-state index >= 15 is 0 Å². The summed E-state index contributed by atoms with van der Waals surface area (Å²) in [6.07, 6.45) is 3.34. The Labute approximate surface area is 137 Å². The van der Waals surface area contributed by atoms with Crippen molar-refractivity contribution in [3.63, 3.8) is 0 Å². The van der Waals surface area contributed by atoms with E-state index in [0.29, 0.717) is 6.42 Å². The second-order valence-electron chi connectivity index (χ2n) is 5.73. The molecule has 0 rings (SSSR count). The lowest BCUT2D eigenvalue weighted by Gasteiger charge is -2.33. The van der Waals surface area contributed by atoms with Crippen LogP contribution < -0.4 is 0 Å². The Morgan fingerprint density at radius 1 is 1.26 bits per heavy atom. The van der Waals surface area contributed by atoms with Crippen molar-refractivity contribution in [1.29, 1.82) is 0 Å². The smallest absolute Gasteiger partial charge is 0.328 e. The van der Waals surface area contributed by atoms with Gasteiger partial charge in [-0.25, -0.2) is 0 Å². The summed E-state index contributed by atoms with van der Waals surface area (Å²) in [5.74, 6) is -4.67. The van der Waals surface area contributed by atoms with Gasteiger partial charge in [-0.1, -0.05) is 45.6 Å². The van der Waals surface area contributed by atoms with Crippen LogP contribution in [0.2, 0.25) is 0 Å². The molecule has 8 heteroatoms. The first kappa shape index (κ1) is 21.6. The molecule has 0 aliphatic carbocycles. The van der Waals surface area contributed by atoms with Gasteiger partial charge in [-0.2, -0.15) is 8.42 Å². The van der Waals surface area contributed by atoms with Crippen LogP contribution in [0.4, 0.5) is 0 Å². The first-order valence-electron chi connectivity index (χ1n) is 7.61. The minimum Gasteiger partial charge on any atom is -0.481 e. The van der Waals surface area contributed by atoms with Crippen LogP contribution in [-0.4, -0.2) is 39.9 Å². The molecule has 0 aromatic carbocycles. The average Bonchev–Trinajstić information content (AvgIpc) is 2.43. The van der Waals surface area contributed by atoms with Crippen LogP contribution in [0.1, 0.15) is 52.4 Å². The van der Waals surface area contributed by atoms with Crippen molar-refractivity contribution in [3.8, 4) is 0 Å². The zero-order valence-corrected chi connectivity index (χ0v) is 14.4. The monoisotopic (exact) mass is 350 g/mol. The third-order valence-electron chi connectivity index (χ3n) is 4.25. The van der Waals surface area contributed by atoms with E-state index < -0.39 is 39.1 Å². The van der Waals surface area contributed by atoms with E-state index in [2.05, 4.69) is 6.58 Å². The van der Waals surface area contributed by atoms with Gasteiger partial charge in [0.25, 0.3) is 10.1 Å². The van der Waals surface area contributed by atoms with Crippen molar-refractivity contribution in [2.45, 2.75) is 57.1 Å². The Morgan fingerprint density at radius 3 is 2.13 bits per heavy atom. The van der Waals surface area contributed by atoms with Crippen LogP contribution in [0.25, 0.3) is 0 Å². The first-order valence-corrected chi connectivity index (χ1v) is 9.05. The standard InChI is InChI=1S/C15H26O7S/c1-4-7-8-11(5-2)9-12(6-3)15(14(18)19,10-13(16)17)23(20,21)22/h6,11-12H,3-5,7-10H2,1-2H3,(H,16,17)(H,18,19)(H,20,21,22). The molecule has 0 aliphatic heterocycles. The molecule has 0 radical (unpaired) electrons. The molecule has 0 saturated heterocycles. The molecule has 0 bridgehead atoms. The maximum absolute atomic E-state index is 11.8. The third-order valence-corrected chi connectivity index (χ3v) is 5.79. The Hall–Kier alpha value is -1.41. The van der Waals surface area contributed by atoms with Crippen LogP contribution in [0, 0.1) is 11.8 Å². The van der Waals surface area contributed by atoms with E-state index in [1.807, 2.05) is 13.8 Å². The van der Waals surface area contributed by atoms with Crippen molar-refractivity contribution < 1.29 is 32.8 Å². The second kappa shape index (κ2) is 9.02. The highest BCUT2D eigenvalue weighted by Gasteiger charge is 2.57. The van der Waals surface area contributed by atoms with Crippen molar-refractivity contribution >= 4 is 22.1 Å². The number of carboxylic acids is 2. The van der Waals surface area contributed by atoms with Gasteiger partial charge in [-0.15, -0.1) is 6.58 Å². The zero-order valence-electron chi connectivity index (χ0n) is 13.6. The van der Waals surface area contributed by atoms with Gasteiger partial charge in [0.1, 0.15) is 0 Å². The van der Waals surface area contributed by atoms with Crippen LogP contribution >= 0.6 is 0 Å². The van der Waals surface area contributed by atoms with Gasteiger partial charge in [0.15, 0.2) is 0 Å². The Bertz CT molecular complexity index is 526. The Morgan fingerprint density at radius 2 is 1.83 bits per heavy atom. The minimum atomic E-state index is -5.16. The molecule has 3 atom stereocenters. The highest BCUT2D eigenvalue weighted by atomic mass is 32.2. The topological polar surface area (TPSA) is 129 Å². The van der Waals surface area contributed by atoms with E-state index in [1.165, 1.54) is 0 Å². The number of carboxylic acid groups (broad SMARTS) is 2. The largest absolute Gasteiger partial charge is 0.481 e. The maximum Gasteiger partial charge on any atom is 0.328 e. The van der Waals surface area contributed by atoms with E-state index in [-0.39, 0.29) is 12.3 Å². The third kappa shape index (κ3) is 5.31. The predicted octanol–water partition coefficient (Wildman–Crippen LogP) is 2.58. The number of unbranched alkanes of at least 4 members (excludes halogenated alkanes) is 1. The number of carbonyl (C=O) groups is 2. The van der Waals surface area contributed by atoms with E-state index in [0.717, 1.165) is 25.3 Å². The number of hydrogen-bond donors (Lipinski definition) is 3. The van der Waals surface area contributed by atoms with Crippen LogP contribution in [0.5, 0.6) is 0 Å². The summed E-state index contributed by atoms with van der Waals surface area (Å²) in [4.78, 5) is 22.7. The van der Waals surface area contributed by atoms with Gasteiger partial charge in [-0.3, -0.25) is 14.1 Å². The average molecular weight is 350 g/mol. The predicted molar refractivity (Wildman–Crippen MR) is 85.8 cm³/mol. The van der Waals surface area contributed by atoms with Crippen molar-refractivity contribution in [2.24, 2.45) is 11.8 Å². The fourth-order valence-electron chi connectivity index (χ4n) is 2.80. The van der Waals surface area contributed by atoms with Crippen LogP contribution in [0.3, 0.4) is 0 Å². The fourth-order valence-corrected chi connectivity index (χ4v) is 3.90. The van der Waals surface area contributed by atoms with Crippen LogP contribution in [0.15, 0.2) is 12.7 Å². The summed E-state index contributed by atoms with van der Waals surface area (Å²) in [5.41, 5.74) is 0. The first-order chi connectivity index (χ1) is 10.6. The maximum atomic E-state index is 11.8. The molecule has 0 heterocycles. The van der Waals surface area contributed by atoms with Gasteiger partial charge in [0.2, 0.25) is 4.75 Å². The SMILES string of the molecule is C=CC(CC(CC)CCCC)C(CC(=O)O)(C(=O)O)S(=O)(=O)O. The van der Waals surface area contributed by atoms with Crippen molar-refractivity contribution in [2.75, 3.05) is 0 Å². The molecule has 0 fully saturated rings. The van der Waals surface area contributed by atoms with Gasteiger partial charge in [0.05, 0.1) is 6.42 Å². The van der Waals surface area contributed by atoms with E-state index in [9.17, 15) is 27.7 Å². The minimum absolute atomic E-state index is 0.0206. The van der Waals surface area contributed by atoms with E-state index in [1.54, 1.807) is 0 Å². The highest BCUT2D eigenvalue weighted by molar-refractivity contribution is 7.88. The summed E-state index contributed by atoms with van der Waals surface area (Å²) in [7, 11) is -5.16. The molecule has 0 saturated carbocycles. The molecule has 0 aromatic heterocycles. The molecule has 134 valence electrons. The molecule has 0 aromatic rings. The van der Waals surface area contributed by atoms with Crippen molar-refractivity contribution in [1.82, 2.24) is 0 Å². The molecule has 23 heavy (non-hydrogen) atoms. The van der Waals surface area contributed by atoms with Gasteiger partial charge < -0.3 is 10.2 Å². The molecule has 0 aliphatic rings. The Kier molecular flexibility index (Phi) is 8.47. The Balaban J connectivity index is 5.85. The molecule has 7 nitrogen and oxygen atoms in total. The number of aliphatic carboxylic acids is 2. The van der Waals surface area contributed by atoms with E-state index in [4.69, 9.17) is 5.11 Å². The molecular formula is C15H26O7S. The highest BCUT2D eigenvalue weighted by Crippen LogP contribution is 2.37. The summed E-state index contributed by atoms with van der Waals surface area (Å²) < 4.78 is 30.2. The quantitative estimate of drug-likeness (QED) is 0.364. The normalized spacial score (nSPS) is 17.0. The molecule has 3 unspecified atom stereocenters. The lowest BCUT2D eigenvalue weighted by atomic mass is 9.79. The lowest BCUT2D eigenvalue weighted by Crippen LogP contribution is -2.53. The fraction of sp³-hybridized carbons (Fsp3) is 0.733. The molecule has 0 amide bonds. The molecular weight excluding hydrogens is 324 g/mol. The van der Waals surface area contributed by atoms with Gasteiger partial charge in [0, 0.05) is 5.92 Å². The number of hydrogen-bond acceptors (Lipinski definition) is 4. The van der Waals surface area contributed by atoms with Crippen LogP contribution in [-0.2, 0) is 19.7 Å². The molecule has 0 spiro atoms.